The van der Waals surface area contributed by atoms with Gasteiger partial charge in [-0.3, -0.25) is 0 Å². The topological polar surface area (TPSA) is 38.5 Å². The van der Waals surface area contributed by atoms with Crippen LogP contribution in [-0.2, 0) is 4.74 Å². The van der Waals surface area contributed by atoms with Gasteiger partial charge in [-0.05, 0) is 38.1 Å². The molecule has 15 heavy (non-hydrogen) atoms. The Morgan fingerprint density at radius 2 is 2.13 bits per heavy atom. The zero-order valence-corrected chi connectivity index (χ0v) is 9.98. The molecule has 0 aromatic rings. The second kappa shape index (κ2) is 4.81. The highest BCUT2D eigenvalue weighted by molar-refractivity contribution is 4.83. The molecule has 0 aromatic carbocycles. The van der Waals surface area contributed by atoms with E-state index in [1.807, 2.05) is 0 Å². The number of piperidine rings is 1. The molecular weight excluding hydrogens is 188 g/mol. The number of rotatable bonds is 2. The standard InChI is InChI=1S/C12H24N2O/c1-9-7-14(5-3-12(9)13)8-11-4-6-15-10(11)2/h9-12H,3-8,13H2,1-2H3. The summed E-state index contributed by atoms with van der Waals surface area (Å²) in [5, 5.41) is 0. The van der Waals surface area contributed by atoms with E-state index >= 15 is 0 Å². The summed E-state index contributed by atoms with van der Waals surface area (Å²) in [6.45, 7) is 8.98. The zero-order chi connectivity index (χ0) is 10.8. The third kappa shape index (κ3) is 2.71. The van der Waals surface area contributed by atoms with Crippen LogP contribution in [0.5, 0.6) is 0 Å². The van der Waals surface area contributed by atoms with Crippen molar-refractivity contribution < 1.29 is 4.74 Å². The smallest absolute Gasteiger partial charge is 0.0588 e. The average molecular weight is 212 g/mol. The summed E-state index contributed by atoms with van der Waals surface area (Å²) in [5.74, 6) is 1.39. The summed E-state index contributed by atoms with van der Waals surface area (Å²) >= 11 is 0. The first kappa shape index (κ1) is 11.4. The van der Waals surface area contributed by atoms with Crippen molar-refractivity contribution in [3.8, 4) is 0 Å². The fraction of sp³-hybridized carbons (Fsp3) is 1.00. The molecule has 0 amide bonds. The molecule has 88 valence electrons. The van der Waals surface area contributed by atoms with Gasteiger partial charge >= 0.3 is 0 Å². The second-order valence-corrected chi connectivity index (χ2v) is 5.31. The molecule has 0 bridgehead atoms. The van der Waals surface area contributed by atoms with Gasteiger partial charge in [-0.15, -0.1) is 0 Å². The van der Waals surface area contributed by atoms with E-state index in [-0.39, 0.29) is 0 Å². The van der Waals surface area contributed by atoms with Crippen LogP contribution in [0, 0.1) is 11.8 Å². The van der Waals surface area contributed by atoms with Gasteiger partial charge in [-0.25, -0.2) is 0 Å². The van der Waals surface area contributed by atoms with Crippen molar-refractivity contribution in [2.24, 2.45) is 17.6 Å². The van der Waals surface area contributed by atoms with Gasteiger partial charge < -0.3 is 15.4 Å². The first-order valence-electron chi connectivity index (χ1n) is 6.26. The van der Waals surface area contributed by atoms with Crippen LogP contribution in [0.25, 0.3) is 0 Å². The minimum absolute atomic E-state index is 0.415. The zero-order valence-electron chi connectivity index (χ0n) is 9.98. The Morgan fingerprint density at radius 1 is 1.33 bits per heavy atom. The molecule has 2 fully saturated rings. The third-order valence-corrected chi connectivity index (χ3v) is 4.08. The molecular formula is C12H24N2O. The number of hydrogen-bond acceptors (Lipinski definition) is 3. The molecule has 0 spiro atoms. The van der Waals surface area contributed by atoms with Gasteiger partial charge in [0.05, 0.1) is 6.10 Å². The largest absolute Gasteiger partial charge is 0.378 e. The fourth-order valence-electron chi connectivity index (χ4n) is 2.76. The Kier molecular flexibility index (Phi) is 3.65. The van der Waals surface area contributed by atoms with Crippen LogP contribution in [0.15, 0.2) is 0 Å². The summed E-state index contributed by atoms with van der Waals surface area (Å²) in [7, 11) is 0. The lowest BCUT2D eigenvalue weighted by Gasteiger charge is -2.36. The molecule has 2 rings (SSSR count). The van der Waals surface area contributed by atoms with Crippen LogP contribution in [0.4, 0.5) is 0 Å². The van der Waals surface area contributed by atoms with Crippen molar-refractivity contribution in [2.45, 2.75) is 38.8 Å². The SMILES string of the molecule is CC1CN(CC2CCOC2C)CCC1N. The third-order valence-electron chi connectivity index (χ3n) is 4.08. The van der Waals surface area contributed by atoms with E-state index in [4.69, 9.17) is 10.5 Å². The fourth-order valence-corrected chi connectivity index (χ4v) is 2.76. The van der Waals surface area contributed by atoms with Gasteiger partial charge in [0.2, 0.25) is 0 Å². The number of hydrogen-bond donors (Lipinski definition) is 1. The van der Waals surface area contributed by atoms with Crippen molar-refractivity contribution in [3.05, 3.63) is 0 Å². The average Bonchev–Trinajstić information content (AvgIpc) is 2.59. The van der Waals surface area contributed by atoms with Crippen molar-refractivity contribution in [1.29, 1.82) is 0 Å². The predicted octanol–water partition coefficient (Wildman–Crippen LogP) is 1.08. The van der Waals surface area contributed by atoms with Crippen LogP contribution in [-0.4, -0.2) is 43.3 Å². The minimum atomic E-state index is 0.415. The molecule has 4 unspecified atom stereocenters. The van der Waals surface area contributed by atoms with E-state index in [9.17, 15) is 0 Å². The van der Waals surface area contributed by atoms with Gasteiger partial charge in [0.1, 0.15) is 0 Å². The van der Waals surface area contributed by atoms with E-state index in [2.05, 4.69) is 18.7 Å². The predicted molar refractivity (Wildman–Crippen MR) is 61.7 cm³/mol. The summed E-state index contributed by atoms with van der Waals surface area (Å²) in [5.41, 5.74) is 6.02. The molecule has 4 atom stereocenters. The van der Waals surface area contributed by atoms with Crippen LogP contribution in [0.2, 0.25) is 0 Å². The van der Waals surface area contributed by atoms with E-state index in [0.717, 1.165) is 18.9 Å². The molecule has 3 heteroatoms. The molecule has 2 aliphatic heterocycles. The Morgan fingerprint density at radius 3 is 2.73 bits per heavy atom. The molecule has 2 N–H and O–H groups in total. The summed E-state index contributed by atoms with van der Waals surface area (Å²) in [4.78, 5) is 2.57. The van der Waals surface area contributed by atoms with E-state index in [1.165, 1.54) is 26.1 Å². The highest BCUT2D eigenvalue weighted by Crippen LogP contribution is 2.24. The summed E-state index contributed by atoms with van der Waals surface area (Å²) in [6, 6.07) is 0.415. The van der Waals surface area contributed by atoms with Crippen molar-refractivity contribution in [3.63, 3.8) is 0 Å². The van der Waals surface area contributed by atoms with Crippen molar-refractivity contribution >= 4 is 0 Å². The number of nitrogens with two attached hydrogens (primary N) is 1. The number of nitrogens with zero attached hydrogens (tertiary/aromatic N) is 1. The van der Waals surface area contributed by atoms with Crippen LogP contribution < -0.4 is 5.73 Å². The molecule has 3 nitrogen and oxygen atoms in total. The highest BCUT2D eigenvalue weighted by atomic mass is 16.5. The maximum absolute atomic E-state index is 6.02. The lowest BCUT2D eigenvalue weighted by Crippen LogP contribution is -2.47. The lowest BCUT2D eigenvalue weighted by atomic mass is 9.93. The molecule has 2 saturated heterocycles. The molecule has 0 aliphatic carbocycles. The normalized spacial score (nSPS) is 43.4. The first-order chi connectivity index (χ1) is 7.16. The van der Waals surface area contributed by atoms with Gasteiger partial charge in [0.25, 0.3) is 0 Å². The minimum Gasteiger partial charge on any atom is -0.378 e. The molecule has 0 aromatic heterocycles. The van der Waals surface area contributed by atoms with Crippen molar-refractivity contribution in [2.75, 3.05) is 26.2 Å². The van der Waals surface area contributed by atoms with Crippen LogP contribution in [0.3, 0.4) is 0 Å². The Hall–Kier alpha value is -0.120. The monoisotopic (exact) mass is 212 g/mol. The lowest BCUT2D eigenvalue weighted by molar-refractivity contribution is 0.0805. The van der Waals surface area contributed by atoms with Crippen molar-refractivity contribution in [1.82, 2.24) is 4.90 Å². The Bertz CT molecular complexity index is 210. The number of likely N-dealkylation sites (tertiary alicyclic amines) is 1. The van der Waals surface area contributed by atoms with Gasteiger partial charge in [0, 0.05) is 25.7 Å². The maximum Gasteiger partial charge on any atom is 0.0588 e. The quantitative estimate of drug-likeness (QED) is 0.744. The van der Waals surface area contributed by atoms with Gasteiger partial charge in [-0.1, -0.05) is 6.92 Å². The van der Waals surface area contributed by atoms with Gasteiger partial charge in [-0.2, -0.15) is 0 Å². The summed E-state index contributed by atoms with van der Waals surface area (Å²) < 4.78 is 5.60. The summed E-state index contributed by atoms with van der Waals surface area (Å²) in [6.07, 6.45) is 2.84. The molecule has 2 aliphatic rings. The Balaban J connectivity index is 1.80. The van der Waals surface area contributed by atoms with E-state index < -0.39 is 0 Å². The van der Waals surface area contributed by atoms with Crippen LogP contribution >= 0.6 is 0 Å². The second-order valence-electron chi connectivity index (χ2n) is 5.31. The van der Waals surface area contributed by atoms with Crippen LogP contribution in [0.1, 0.15) is 26.7 Å². The maximum atomic E-state index is 6.02. The van der Waals surface area contributed by atoms with E-state index in [0.29, 0.717) is 18.1 Å². The molecule has 2 heterocycles. The Labute approximate surface area is 93.0 Å². The van der Waals surface area contributed by atoms with Gasteiger partial charge in [0.15, 0.2) is 0 Å². The highest BCUT2D eigenvalue weighted by Gasteiger charge is 2.29. The number of ether oxygens (including phenoxy) is 1. The molecule has 0 radical (unpaired) electrons. The molecule has 0 saturated carbocycles. The first-order valence-corrected chi connectivity index (χ1v) is 6.26. The van der Waals surface area contributed by atoms with E-state index in [1.54, 1.807) is 0 Å².